The lowest BCUT2D eigenvalue weighted by atomic mass is 10.1. The van der Waals surface area contributed by atoms with E-state index >= 15 is 0 Å². The summed E-state index contributed by atoms with van der Waals surface area (Å²) in [6.07, 6.45) is 1.97. The second kappa shape index (κ2) is 7.53. The van der Waals surface area contributed by atoms with Crippen LogP contribution in [0.5, 0.6) is 0 Å². The zero-order valence-corrected chi connectivity index (χ0v) is 12.5. The number of hydrogen-bond acceptors (Lipinski definition) is 4. The highest BCUT2D eigenvalue weighted by Gasteiger charge is 2.18. The van der Waals surface area contributed by atoms with E-state index in [-0.39, 0.29) is 5.91 Å². The van der Waals surface area contributed by atoms with E-state index in [4.69, 9.17) is 0 Å². The average Bonchev–Trinajstić information content (AvgIpc) is 2.30. The first-order chi connectivity index (χ1) is 8.94. The summed E-state index contributed by atoms with van der Waals surface area (Å²) in [5.41, 5.74) is 1.10. The van der Waals surface area contributed by atoms with E-state index in [9.17, 15) is 9.90 Å². The fourth-order valence-electron chi connectivity index (χ4n) is 1.81. The number of benzene rings is 1. The van der Waals surface area contributed by atoms with Gasteiger partial charge in [-0.1, -0.05) is 18.2 Å². The van der Waals surface area contributed by atoms with E-state index in [1.165, 1.54) is 6.92 Å². The molecular formula is C14H22N2O2S. The van der Waals surface area contributed by atoms with Gasteiger partial charge in [0.05, 0.1) is 5.60 Å². The molecule has 3 N–H and O–H groups in total. The molecule has 1 amide bonds. The van der Waals surface area contributed by atoms with Gasteiger partial charge in [-0.2, -0.15) is 11.8 Å². The van der Waals surface area contributed by atoms with E-state index in [2.05, 4.69) is 10.6 Å². The van der Waals surface area contributed by atoms with E-state index in [1.54, 1.807) is 11.8 Å². The molecule has 0 aliphatic heterocycles. The number of nitrogens with one attached hydrogen (secondary N) is 2. The number of hydrogen-bond donors (Lipinski definition) is 3. The Labute approximate surface area is 119 Å². The highest BCUT2D eigenvalue weighted by atomic mass is 32.2. The van der Waals surface area contributed by atoms with Crippen molar-refractivity contribution in [1.82, 2.24) is 5.32 Å². The van der Waals surface area contributed by atoms with Crippen molar-refractivity contribution in [3.8, 4) is 0 Å². The van der Waals surface area contributed by atoms with Crippen LogP contribution in [0.2, 0.25) is 0 Å². The van der Waals surface area contributed by atoms with Crippen LogP contribution in [0.4, 0.5) is 5.69 Å². The smallest absolute Gasteiger partial charge is 0.221 e. The Hall–Kier alpha value is -1.04. The quantitative estimate of drug-likeness (QED) is 0.714. The van der Waals surface area contributed by atoms with Crippen molar-refractivity contribution in [1.29, 1.82) is 0 Å². The summed E-state index contributed by atoms with van der Waals surface area (Å²) < 4.78 is 0. The SMILES string of the molecule is CSCC(C)(O)CNCc1ccccc1NC(C)=O. The second-order valence-corrected chi connectivity index (χ2v) is 5.74. The van der Waals surface area contributed by atoms with Crippen molar-refractivity contribution in [2.75, 3.05) is 23.9 Å². The van der Waals surface area contributed by atoms with Gasteiger partial charge in [-0.15, -0.1) is 0 Å². The van der Waals surface area contributed by atoms with Gasteiger partial charge in [0.2, 0.25) is 5.91 Å². The maximum atomic E-state index is 11.1. The van der Waals surface area contributed by atoms with Gasteiger partial charge in [-0.25, -0.2) is 0 Å². The van der Waals surface area contributed by atoms with Gasteiger partial charge in [0, 0.05) is 31.5 Å². The topological polar surface area (TPSA) is 61.4 Å². The van der Waals surface area contributed by atoms with Crippen LogP contribution >= 0.6 is 11.8 Å². The van der Waals surface area contributed by atoms with Crippen LogP contribution in [-0.4, -0.2) is 35.2 Å². The number of aliphatic hydroxyl groups is 1. The lowest BCUT2D eigenvalue weighted by molar-refractivity contribution is -0.114. The summed E-state index contributed by atoms with van der Waals surface area (Å²) in [5.74, 6) is 0.606. The van der Waals surface area contributed by atoms with E-state index in [0.717, 1.165) is 11.3 Å². The van der Waals surface area contributed by atoms with Crippen LogP contribution < -0.4 is 10.6 Å². The Morgan fingerprint density at radius 2 is 2.11 bits per heavy atom. The Bertz CT molecular complexity index is 422. The Morgan fingerprint density at radius 3 is 2.74 bits per heavy atom. The molecule has 1 rings (SSSR count). The van der Waals surface area contributed by atoms with Crippen molar-refractivity contribution >= 4 is 23.4 Å². The van der Waals surface area contributed by atoms with Crippen LogP contribution in [0.1, 0.15) is 19.4 Å². The maximum absolute atomic E-state index is 11.1. The third kappa shape index (κ3) is 6.09. The molecule has 1 aromatic carbocycles. The predicted molar refractivity (Wildman–Crippen MR) is 81.5 cm³/mol. The minimum absolute atomic E-state index is 0.0816. The fraction of sp³-hybridized carbons (Fsp3) is 0.500. The van der Waals surface area contributed by atoms with Crippen molar-refractivity contribution in [3.05, 3.63) is 29.8 Å². The van der Waals surface area contributed by atoms with Crippen LogP contribution in [0, 0.1) is 0 Å². The van der Waals surface area contributed by atoms with E-state index in [1.807, 2.05) is 37.4 Å². The van der Waals surface area contributed by atoms with Gasteiger partial charge >= 0.3 is 0 Å². The molecule has 0 radical (unpaired) electrons. The molecule has 5 heteroatoms. The van der Waals surface area contributed by atoms with Crippen LogP contribution in [-0.2, 0) is 11.3 Å². The Balaban J connectivity index is 2.55. The van der Waals surface area contributed by atoms with Crippen molar-refractivity contribution in [2.24, 2.45) is 0 Å². The molecule has 106 valence electrons. The summed E-state index contributed by atoms with van der Waals surface area (Å²) >= 11 is 1.62. The summed E-state index contributed by atoms with van der Waals surface area (Å²) in [7, 11) is 0. The number of amides is 1. The first-order valence-corrected chi connectivity index (χ1v) is 7.61. The van der Waals surface area contributed by atoms with Gasteiger partial charge in [-0.05, 0) is 24.8 Å². The monoisotopic (exact) mass is 282 g/mol. The molecule has 0 heterocycles. The number of para-hydroxylation sites is 1. The Kier molecular flexibility index (Phi) is 6.34. The first kappa shape index (κ1) is 16.0. The zero-order valence-electron chi connectivity index (χ0n) is 11.7. The maximum Gasteiger partial charge on any atom is 0.221 e. The minimum atomic E-state index is -0.720. The number of carbonyl (C=O) groups excluding carboxylic acids is 1. The van der Waals surface area contributed by atoms with Gasteiger partial charge in [0.25, 0.3) is 0 Å². The van der Waals surface area contributed by atoms with Gasteiger partial charge in [0.15, 0.2) is 0 Å². The molecule has 0 aromatic heterocycles. The summed E-state index contributed by atoms with van der Waals surface area (Å²) in [4.78, 5) is 11.1. The highest BCUT2D eigenvalue weighted by Crippen LogP contribution is 2.15. The molecule has 0 spiro atoms. The molecular weight excluding hydrogens is 260 g/mol. The largest absolute Gasteiger partial charge is 0.388 e. The van der Waals surface area contributed by atoms with Crippen LogP contribution in [0.25, 0.3) is 0 Å². The highest BCUT2D eigenvalue weighted by molar-refractivity contribution is 7.98. The molecule has 0 aliphatic carbocycles. The minimum Gasteiger partial charge on any atom is -0.388 e. The van der Waals surface area contributed by atoms with E-state index in [0.29, 0.717) is 18.8 Å². The van der Waals surface area contributed by atoms with Crippen molar-refractivity contribution < 1.29 is 9.90 Å². The number of carbonyl (C=O) groups is 1. The van der Waals surface area contributed by atoms with Gasteiger partial charge in [0.1, 0.15) is 0 Å². The molecule has 0 saturated heterocycles. The number of anilines is 1. The third-order valence-electron chi connectivity index (χ3n) is 2.60. The molecule has 1 atom stereocenters. The lowest BCUT2D eigenvalue weighted by Gasteiger charge is -2.23. The average molecular weight is 282 g/mol. The van der Waals surface area contributed by atoms with Crippen LogP contribution in [0.15, 0.2) is 24.3 Å². The van der Waals surface area contributed by atoms with Gasteiger partial charge in [-0.3, -0.25) is 4.79 Å². The molecule has 4 nitrogen and oxygen atoms in total. The molecule has 0 fully saturated rings. The zero-order chi connectivity index (χ0) is 14.3. The predicted octanol–water partition coefficient (Wildman–Crippen LogP) is 1.85. The number of rotatable bonds is 7. The van der Waals surface area contributed by atoms with Gasteiger partial charge < -0.3 is 15.7 Å². The second-order valence-electron chi connectivity index (χ2n) is 4.87. The summed E-state index contributed by atoms with van der Waals surface area (Å²) in [6, 6.07) is 7.65. The molecule has 0 bridgehead atoms. The summed E-state index contributed by atoms with van der Waals surface area (Å²) in [6.45, 7) is 4.44. The molecule has 1 aromatic rings. The first-order valence-electron chi connectivity index (χ1n) is 6.22. The summed E-state index contributed by atoms with van der Waals surface area (Å²) in [5, 5.41) is 16.1. The Morgan fingerprint density at radius 1 is 1.42 bits per heavy atom. The normalized spacial score (nSPS) is 13.9. The molecule has 0 aliphatic rings. The molecule has 1 unspecified atom stereocenters. The van der Waals surface area contributed by atoms with Crippen molar-refractivity contribution in [2.45, 2.75) is 26.0 Å². The van der Waals surface area contributed by atoms with Crippen LogP contribution in [0.3, 0.4) is 0 Å². The third-order valence-corrected chi connectivity index (χ3v) is 3.52. The molecule has 19 heavy (non-hydrogen) atoms. The fourth-order valence-corrected chi connectivity index (χ4v) is 2.54. The number of thioether (sulfide) groups is 1. The molecule has 0 saturated carbocycles. The van der Waals surface area contributed by atoms with E-state index < -0.39 is 5.60 Å². The standard InChI is InChI=1S/C14H22N2O2S/c1-11(17)16-13-7-5-4-6-12(13)8-15-9-14(2,18)10-19-3/h4-7,15,18H,8-10H2,1-3H3,(H,16,17). The lowest BCUT2D eigenvalue weighted by Crippen LogP contribution is -2.39. The van der Waals surface area contributed by atoms with Crippen molar-refractivity contribution in [3.63, 3.8) is 0 Å².